The molecular weight excluding hydrogens is 460 g/mol. The van der Waals surface area contributed by atoms with E-state index in [0.29, 0.717) is 12.1 Å². The van der Waals surface area contributed by atoms with Gasteiger partial charge in [0.25, 0.3) is 0 Å². The van der Waals surface area contributed by atoms with Crippen LogP contribution in [-0.4, -0.2) is 46.2 Å². The average molecular weight is 505 g/mol. The Balaban J connectivity index is 1.88. The minimum Gasteiger partial charge on any atom is -0.490 e. The lowest BCUT2D eigenvalue weighted by Gasteiger charge is -2.36. The first kappa shape index (κ1) is 28.2. The first-order valence-electron chi connectivity index (χ1n) is 13.2. The zero-order valence-corrected chi connectivity index (χ0v) is 23.2. The number of hydrogen-bond acceptors (Lipinski definition) is 7. The highest BCUT2D eigenvalue weighted by Gasteiger charge is 2.59. The van der Waals surface area contributed by atoms with Gasteiger partial charge in [-0.25, -0.2) is 9.59 Å². The monoisotopic (exact) mass is 504 g/mol. The van der Waals surface area contributed by atoms with E-state index in [2.05, 4.69) is 17.2 Å². The molecule has 202 valence electrons. The summed E-state index contributed by atoms with van der Waals surface area (Å²) in [7, 11) is 0. The van der Waals surface area contributed by atoms with Gasteiger partial charge in [0, 0.05) is 38.2 Å². The number of rotatable bonds is 8. The number of cyclic esters (lactones) is 1. The Bertz CT molecular complexity index is 917. The SMILES string of the molecule is CC(C)C[C@@H](NC(=O)OC(C)(C)C)[C@@]1(Cc2cc(OC3CCC(C)CC3)ccn2)OC(C)(C)OC1=O. The molecule has 2 fully saturated rings. The molecule has 1 aliphatic carbocycles. The van der Waals surface area contributed by atoms with Crippen molar-refractivity contribution < 1.29 is 28.5 Å². The van der Waals surface area contributed by atoms with Crippen molar-refractivity contribution >= 4 is 12.1 Å². The number of pyridine rings is 1. The van der Waals surface area contributed by atoms with Crippen LogP contribution in [0.25, 0.3) is 0 Å². The van der Waals surface area contributed by atoms with Crippen LogP contribution in [0.1, 0.15) is 93.2 Å². The van der Waals surface area contributed by atoms with Crippen LogP contribution in [0.15, 0.2) is 18.3 Å². The molecule has 1 aromatic heterocycles. The standard InChI is InChI=1S/C28H44N2O6/c1-18(2)15-23(30-25(32)35-26(4,5)6)28(24(31)34-27(7,8)36-28)17-20-16-22(13-14-29-20)33-21-11-9-19(3)10-12-21/h13-14,16,18-19,21,23H,9-12,15,17H2,1-8H3,(H,30,32)/t19?,21?,23-,28-/m1/s1. The van der Waals surface area contributed by atoms with Crippen LogP contribution < -0.4 is 10.1 Å². The van der Waals surface area contributed by atoms with E-state index in [1.54, 1.807) is 40.8 Å². The molecule has 2 atom stereocenters. The van der Waals surface area contributed by atoms with E-state index < -0.39 is 35.1 Å². The molecule has 1 amide bonds. The van der Waals surface area contributed by atoms with E-state index in [-0.39, 0.29) is 18.4 Å². The summed E-state index contributed by atoms with van der Waals surface area (Å²) in [5.74, 6) is -0.0425. The van der Waals surface area contributed by atoms with Gasteiger partial charge in [-0.05, 0) is 70.8 Å². The third kappa shape index (κ3) is 7.58. The molecule has 0 spiro atoms. The van der Waals surface area contributed by atoms with Crippen LogP contribution in [0.3, 0.4) is 0 Å². The van der Waals surface area contributed by atoms with Gasteiger partial charge in [0.2, 0.25) is 5.79 Å². The minimum atomic E-state index is -1.46. The highest BCUT2D eigenvalue weighted by Crippen LogP contribution is 2.39. The summed E-state index contributed by atoms with van der Waals surface area (Å²) in [5, 5.41) is 2.91. The van der Waals surface area contributed by atoms with E-state index in [1.807, 2.05) is 26.0 Å². The van der Waals surface area contributed by atoms with Crippen LogP contribution in [0.5, 0.6) is 5.75 Å². The van der Waals surface area contributed by atoms with Crippen LogP contribution in [0.2, 0.25) is 0 Å². The Morgan fingerprint density at radius 3 is 2.44 bits per heavy atom. The molecule has 3 rings (SSSR count). The second kappa shape index (κ2) is 11.0. The van der Waals surface area contributed by atoms with Crippen molar-refractivity contribution in [3.63, 3.8) is 0 Å². The van der Waals surface area contributed by atoms with Gasteiger partial charge < -0.3 is 24.3 Å². The van der Waals surface area contributed by atoms with Gasteiger partial charge in [0.05, 0.1) is 12.1 Å². The average Bonchev–Trinajstić information content (AvgIpc) is 2.96. The lowest BCUT2D eigenvalue weighted by Crippen LogP contribution is -2.59. The molecule has 1 N–H and O–H groups in total. The van der Waals surface area contributed by atoms with Crippen molar-refractivity contribution in [2.75, 3.05) is 0 Å². The fourth-order valence-electron chi connectivity index (χ4n) is 4.98. The second-order valence-corrected chi connectivity index (χ2v) is 12.3. The number of aromatic nitrogens is 1. The summed E-state index contributed by atoms with van der Waals surface area (Å²) in [6, 6.07) is 3.02. The number of carbonyl (C=O) groups is 2. The highest BCUT2D eigenvalue weighted by molar-refractivity contribution is 5.84. The molecular formula is C28H44N2O6. The third-order valence-corrected chi connectivity index (χ3v) is 6.57. The smallest absolute Gasteiger partial charge is 0.407 e. The van der Waals surface area contributed by atoms with Gasteiger partial charge in [-0.3, -0.25) is 4.98 Å². The molecule has 1 saturated heterocycles. The van der Waals surface area contributed by atoms with Gasteiger partial charge in [0.1, 0.15) is 11.4 Å². The van der Waals surface area contributed by atoms with Crippen molar-refractivity contribution in [2.24, 2.45) is 11.8 Å². The molecule has 2 aliphatic rings. The van der Waals surface area contributed by atoms with Crippen LogP contribution in [-0.2, 0) is 25.4 Å². The van der Waals surface area contributed by atoms with Crippen molar-refractivity contribution in [2.45, 2.75) is 123 Å². The topological polar surface area (TPSA) is 96.0 Å². The van der Waals surface area contributed by atoms with Gasteiger partial charge in [-0.2, -0.15) is 0 Å². The summed E-state index contributed by atoms with van der Waals surface area (Å²) < 4.78 is 23.7. The van der Waals surface area contributed by atoms with Gasteiger partial charge in [-0.1, -0.05) is 20.8 Å². The fraction of sp³-hybridized carbons (Fsp3) is 0.750. The van der Waals surface area contributed by atoms with Gasteiger partial charge in [0.15, 0.2) is 5.60 Å². The van der Waals surface area contributed by atoms with E-state index >= 15 is 0 Å². The number of carbonyl (C=O) groups excluding carboxylic acids is 2. The molecule has 8 nitrogen and oxygen atoms in total. The first-order chi connectivity index (χ1) is 16.7. The molecule has 1 saturated carbocycles. The molecule has 0 aromatic carbocycles. The van der Waals surface area contributed by atoms with Crippen molar-refractivity contribution in [1.82, 2.24) is 10.3 Å². The van der Waals surface area contributed by atoms with Crippen molar-refractivity contribution in [3.8, 4) is 5.75 Å². The number of alkyl carbamates (subject to hydrolysis) is 1. The fourth-order valence-corrected chi connectivity index (χ4v) is 4.98. The Morgan fingerprint density at radius 1 is 1.22 bits per heavy atom. The summed E-state index contributed by atoms with van der Waals surface area (Å²) in [4.78, 5) is 30.8. The number of nitrogens with zero attached hydrogens (tertiary/aromatic N) is 1. The summed E-state index contributed by atoms with van der Waals surface area (Å²) in [6.45, 7) is 15.1. The maximum atomic E-state index is 13.4. The molecule has 0 bridgehead atoms. The summed E-state index contributed by atoms with van der Waals surface area (Å²) >= 11 is 0. The molecule has 0 radical (unpaired) electrons. The Kier molecular flexibility index (Phi) is 8.59. The van der Waals surface area contributed by atoms with Crippen LogP contribution >= 0.6 is 0 Å². The number of amides is 1. The number of esters is 1. The maximum Gasteiger partial charge on any atom is 0.407 e. The first-order valence-corrected chi connectivity index (χ1v) is 13.2. The van der Waals surface area contributed by atoms with E-state index in [1.165, 1.54) is 0 Å². The normalized spacial score (nSPS) is 26.9. The zero-order valence-electron chi connectivity index (χ0n) is 23.2. The number of hydrogen-bond donors (Lipinski definition) is 1. The minimum absolute atomic E-state index is 0.126. The zero-order chi connectivity index (χ0) is 26.7. The number of ether oxygens (including phenoxy) is 4. The Labute approximate surface area is 215 Å². The number of nitrogens with one attached hydrogen (secondary N) is 1. The molecule has 8 heteroatoms. The lowest BCUT2D eigenvalue weighted by atomic mass is 9.84. The quantitative estimate of drug-likeness (QED) is 0.462. The van der Waals surface area contributed by atoms with Gasteiger partial charge in [-0.15, -0.1) is 0 Å². The molecule has 0 unspecified atom stereocenters. The predicted octanol–water partition coefficient (Wildman–Crippen LogP) is 5.57. The van der Waals surface area contributed by atoms with Crippen LogP contribution in [0, 0.1) is 11.8 Å². The van der Waals surface area contributed by atoms with Crippen molar-refractivity contribution in [3.05, 3.63) is 24.0 Å². The largest absolute Gasteiger partial charge is 0.490 e. The maximum absolute atomic E-state index is 13.4. The molecule has 1 aromatic rings. The van der Waals surface area contributed by atoms with E-state index in [0.717, 1.165) is 37.4 Å². The van der Waals surface area contributed by atoms with Gasteiger partial charge >= 0.3 is 12.1 Å². The second-order valence-electron chi connectivity index (χ2n) is 12.3. The lowest BCUT2D eigenvalue weighted by molar-refractivity contribution is -0.170. The van der Waals surface area contributed by atoms with E-state index in [4.69, 9.17) is 18.9 Å². The molecule has 1 aliphatic heterocycles. The van der Waals surface area contributed by atoms with Crippen molar-refractivity contribution in [1.29, 1.82) is 0 Å². The predicted molar refractivity (Wildman–Crippen MR) is 137 cm³/mol. The molecule has 36 heavy (non-hydrogen) atoms. The Morgan fingerprint density at radius 2 is 1.89 bits per heavy atom. The van der Waals surface area contributed by atoms with Crippen LogP contribution in [0.4, 0.5) is 4.79 Å². The molecule has 2 heterocycles. The Hall–Kier alpha value is -2.35. The third-order valence-electron chi connectivity index (χ3n) is 6.57. The highest BCUT2D eigenvalue weighted by atomic mass is 16.8. The summed E-state index contributed by atoms with van der Waals surface area (Å²) in [5.41, 5.74) is -1.51. The summed E-state index contributed by atoms with van der Waals surface area (Å²) in [6.07, 6.45) is 6.26. The van der Waals surface area contributed by atoms with E-state index in [9.17, 15) is 9.59 Å².